The standard InChI is InChI=1S/C11H7FO2/c12-14-11-4-3-9-5-8(7-13)1-2-10(9)6-11/h1-7H. The van der Waals surface area contributed by atoms with Gasteiger partial charge in [0, 0.05) is 10.1 Å². The molecule has 0 atom stereocenters. The van der Waals surface area contributed by atoms with Gasteiger partial charge in [-0.2, -0.15) is 0 Å². The molecular formula is C11H7FO2. The maximum Gasteiger partial charge on any atom is 0.172 e. The Hall–Kier alpha value is -1.90. The van der Waals surface area contributed by atoms with Gasteiger partial charge in [-0.25, -0.2) is 0 Å². The van der Waals surface area contributed by atoms with E-state index < -0.39 is 0 Å². The zero-order valence-corrected chi connectivity index (χ0v) is 7.24. The SMILES string of the molecule is O=Cc1ccc2cc(OF)ccc2c1. The molecule has 0 amide bonds. The van der Waals surface area contributed by atoms with E-state index in [2.05, 4.69) is 4.94 Å². The van der Waals surface area contributed by atoms with Crippen LogP contribution in [0, 0.1) is 0 Å². The molecule has 0 aromatic heterocycles. The highest BCUT2D eigenvalue weighted by Crippen LogP contribution is 2.21. The van der Waals surface area contributed by atoms with Crippen LogP contribution in [0.25, 0.3) is 10.8 Å². The predicted molar refractivity (Wildman–Crippen MR) is 51.1 cm³/mol. The summed E-state index contributed by atoms with van der Waals surface area (Å²) in [5.74, 6) is 0.163. The van der Waals surface area contributed by atoms with Crippen molar-refractivity contribution < 1.29 is 14.3 Å². The van der Waals surface area contributed by atoms with Gasteiger partial charge in [-0.15, -0.1) is 0 Å². The quantitative estimate of drug-likeness (QED) is 0.680. The lowest BCUT2D eigenvalue weighted by Gasteiger charge is -1.99. The van der Waals surface area contributed by atoms with Crippen molar-refractivity contribution in [3.05, 3.63) is 42.0 Å². The molecule has 2 rings (SSSR count). The largest absolute Gasteiger partial charge is 0.298 e. The Balaban J connectivity index is 2.63. The lowest BCUT2D eigenvalue weighted by atomic mass is 10.1. The molecule has 2 aromatic rings. The van der Waals surface area contributed by atoms with Gasteiger partial charge in [-0.1, -0.05) is 18.2 Å². The molecule has 2 nitrogen and oxygen atoms in total. The number of carbonyl (C=O) groups excluding carboxylic acids is 1. The number of aldehydes is 1. The normalized spacial score (nSPS) is 10.1. The Morgan fingerprint density at radius 1 is 1.07 bits per heavy atom. The van der Waals surface area contributed by atoms with Gasteiger partial charge < -0.3 is 0 Å². The Morgan fingerprint density at radius 3 is 2.50 bits per heavy atom. The number of hydrogen-bond donors (Lipinski definition) is 0. The minimum atomic E-state index is 0.163. The topological polar surface area (TPSA) is 26.3 Å². The molecule has 0 heterocycles. The maximum absolute atomic E-state index is 11.8. The molecule has 70 valence electrons. The summed E-state index contributed by atoms with van der Waals surface area (Å²) in [4.78, 5) is 14.1. The molecule has 2 aromatic carbocycles. The summed E-state index contributed by atoms with van der Waals surface area (Å²) in [5, 5.41) is 1.72. The number of fused-ring (bicyclic) bond motifs is 1. The van der Waals surface area contributed by atoms with Crippen LogP contribution in [0.1, 0.15) is 10.4 Å². The third kappa shape index (κ3) is 1.44. The number of halogens is 1. The first kappa shape index (κ1) is 8.69. The minimum absolute atomic E-state index is 0.163. The highest BCUT2D eigenvalue weighted by Gasteiger charge is 1.98. The number of benzene rings is 2. The van der Waals surface area contributed by atoms with Crippen molar-refractivity contribution >= 4 is 17.1 Å². The zero-order valence-electron chi connectivity index (χ0n) is 7.24. The molecule has 0 bridgehead atoms. The van der Waals surface area contributed by atoms with Crippen molar-refractivity contribution in [3.8, 4) is 5.75 Å². The van der Waals surface area contributed by atoms with Crippen molar-refractivity contribution in [1.29, 1.82) is 0 Å². The van der Waals surface area contributed by atoms with E-state index in [0.29, 0.717) is 5.56 Å². The van der Waals surface area contributed by atoms with Crippen LogP contribution in [-0.2, 0) is 0 Å². The Kier molecular flexibility index (Phi) is 2.14. The van der Waals surface area contributed by atoms with Crippen LogP contribution in [-0.4, -0.2) is 6.29 Å². The van der Waals surface area contributed by atoms with Gasteiger partial charge in [0.15, 0.2) is 5.75 Å². The fraction of sp³-hybridized carbons (Fsp3) is 0. The average molecular weight is 190 g/mol. The third-order valence-electron chi connectivity index (χ3n) is 2.06. The second kappa shape index (κ2) is 3.46. The lowest BCUT2D eigenvalue weighted by molar-refractivity contribution is -0.00603. The van der Waals surface area contributed by atoms with Crippen LogP contribution in [0.3, 0.4) is 0 Å². The van der Waals surface area contributed by atoms with E-state index in [1.165, 1.54) is 6.07 Å². The van der Waals surface area contributed by atoms with Crippen molar-refractivity contribution in [1.82, 2.24) is 0 Å². The van der Waals surface area contributed by atoms with E-state index in [1.807, 2.05) is 0 Å². The number of carbonyl (C=O) groups is 1. The first-order valence-electron chi connectivity index (χ1n) is 4.11. The molecule has 0 aliphatic rings. The molecule has 0 N–H and O–H groups in total. The number of hydrogen-bond acceptors (Lipinski definition) is 2. The lowest BCUT2D eigenvalue weighted by Crippen LogP contribution is -1.81. The van der Waals surface area contributed by atoms with Crippen LogP contribution >= 0.6 is 0 Å². The summed E-state index contributed by atoms with van der Waals surface area (Å²) in [6.45, 7) is 0. The van der Waals surface area contributed by atoms with Crippen LogP contribution in [0.4, 0.5) is 4.53 Å². The van der Waals surface area contributed by atoms with Gasteiger partial charge in [0.2, 0.25) is 0 Å². The summed E-state index contributed by atoms with van der Waals surface area (Å²) in [5.41, 5.74) is 0.603. The Bertz CT molecular complexity index is 480. The van der Waals surface area contributed by atoms with Crippen LogP contribution in [0.5, 0.6) is 5.75 Å². The summed E-state index contributed by atoms with van der Waals surface area (Å²) < 4.78 is 11.8. The molecule has 0 saturated heterocycles. The summed E-state index contributed by atoms with van der Waals surface area (Å²) in [6, 6.07) is 9.96. The van der Waals surface area contributed by atoms with Gasteiger partial charge in [-0.3, -0.25) is 9.74 Å². The summed E-state index contributed by atoms with van der Waals surface area (Å²) in [6.07, 6.45) is 0.777. The highest BCUT2D eigenvalue weighted by molar-refractivity contribution is 5.89. The van der Waals surface area contributed by atoms with E-state index in [1.54, 1.807) is 30.3 Å². The summed E-state index contributed by atoms with van der Waals surface area (Å²) in [7, 11) is 0. The van der Waals surface area contributed by atoms with E-state index >= 15 is 0 Å². The van der Waals surface area contributed by atoms with E-state index in [0.717, 1.165) is 17.1 Å². The van der Waals surface area contributed by atoms with Crippen molar-refractivity contribution in [2.24, 2.45) is 0 Å². The Labute approximate surface area is 79.8 Å². The van der Waals surface area contributed by atoms with E-state index in [-0.39, 0.29) is 5.75 Å². The van der Waals surface area contributed by atoms with E-state index in [4.69, 9.17) is 0 Å². The van der Waals surface area contributed by atoms with Gasteiger partial charge >= 0.3 is 0 Å². The Morgan fingerprint density at radius 2 is 1.79 bits per heavy atom. The molecule has 3 heteroatoms. The molecule has 0 fully saturated rings. The molecule has 0 aliphatic heterocycles. The second-order valence-corrected chi connectivity index (χ2v) is 2.96. The molecule has 0 aliphatic carbocycles. The van der Waals surface area contributed by atoms with Gasteiger partial charge in [-0.05, 0) is 29.0 Å². The van der Waals surface area contributed by atoms with Crippen LogP contribution < -0.4 is 4.94 Å². The number of rotatable bonds is 2. The van der Waals surface area contributed by atoms with Crippen LogP contribution in [0.2, 0.25) is 0 Å². The summed E-state index contributed by atoms with van der Waals surface area (Å²) >= 11 is 0. The molecule has 0 saturated carbocycles. The molecule has 0 radical (unpaired) electrons. The first-order chi connectivity index (χ1) is 6.83. The fourth-order valence-electron chi connectivity index (χ4n) is 1.36. The molecule has 0 unspecified atom stereocenters. The van der Waals surface area contributed by atoms with Gasteiger partial charge in [0.05, 0.1) is 0 Å². The minimum Gasteiger partial charge on any atom is -0.298 e. The van der Waals surface area contributed by atoms with Crippen molar-refractivity contribution in [3.63, 3.8) is 0 Å². The predicted octanol–water partition coefficient (Wildman–Crippen LogP) is 2.92. The smallest absolute Gasteiger partial charge is 0.172 e. The third-order valence-corrected chi connectivity index (χ3v) is 2.06. The highest BCUT2D eigenvalue weighted by atomic mass is 19.3. The monoisotopic (exact) mass is 190 g/mol. The van der Waals surface area contributed by atoms with Gasteiger partial charge in [0.25, 0.3) is 0 Å². The average Bonchev–Trinajstić information content (AvgIpc) is 2.27. The maximum atomic E-state index is 11.8. The first-order valence-corrected chi connectivity index (χ1v) is 4.11. The van der Waals surface area contributed by atoms with Crippen molar-refractivity contribution in [2.75, 3.05) is 0 Å². The van der Waals surface area contributed by atoms with Crippen molar-refractivity contribution in [2.45, 2.75) is 0 Å². The zero-order chi connectivity index (χ0) is 9.97. The van der Waals surface area contributed by atoms with Crippen LogP contribution in [0.15, 0.2) is 36.4 Å². The molecular weight excluding hydrogens is 183 g/mol. The second-order valence-electron chi connectivity index (χ2n) is 2.96. The molecule has 0 spiro atoms. The molecule has 14 heavy (non-hydrogen) atoms. The fourth-order valence-corrected chi connectivity index (χ4v) is 1.36. The van der Waals surface area contributed by atoms with Gasteiger partial charge in [0.1, 0.15) is 6.29 Å². The van der Waals surface area contributed by atoms with E-state index in [9.17, 15) is 9.32 Å².